The molecule has 0 radical (unpaired) electrons. The molecule has 1 aliphatic rings. The number of nitrogens with zero attached hydrogens (tertiary/aromatic N) is 1. The third kappa shape index (κ3) is 3.24. The Labute approximate surface area is 145 Å². The first-order valence-electron chi connectivity index (χ1n) is 8.04. The number of hydrogen-bond acceptors (Lipinski definition) is 5. The number of thiophene rings is 1. The van der Waals surface area contributed by atoms with Crippen molar-refractivity contribution in [2.24, 2.45) is 0 Å². The van der Waals surface area contributed by atoms with E-state index in [1.807, 2.05) is 6.07 Å². The predicted octanol–water partition coefficient (Wildman–Crippen LogP) is 3.59. The van der Waals surface area contributed by atoms with E-state index in [4.69, 9.17) is 9.15 Å². The Morgan fingerprint density at radius 1 is 1.29 bits per heavy atom. The molecule has 3 rings (SSSR count). The van der Waals surface area contributed by atoms with Crippen LogP contribution in [0.25, 0.3) is 0 Å². The largest absolute Gasteiger partial charge is 0.465 e. The summed E-state index contributed by atoms with van der Waals surface area (Å²) in [5.74, 6) is 0.639. The maximum absolute atomic E-state index is 12.7. The van der Waals surface area contributed by atoms with E-state index >= 15 is 0 Å². The fourth-order valence-electron chi connectivity index (χ4n) is 3.02. The van der Waals surface area contributed by atoms with Crippen LogP contribution in [-0.2, 0) is 24.1 Å². The Morgan fingerprint density at radius 2 is 2.04 bits per heavy atom. The lowest BCUT2D eigenvalue weighted by Gasteiger charge is -2.14. The highest BCUT2D eigenvalue weighted by atomic mass is 32.1. The number of fused-ring (bicyclic) bond motifs is 1. The molecule has 0 fully saturated rings. The first kappa shape index (κ1) is 16.8. The zero-order valence-electron chi connectivity index (χ0n) is 14.2. The standard InChI is InChI=1S/C18H21NO4S/c1-11-14(18(21)22-3)9-13(23-11)10-19(2)17(20)16-8-12-6-4-5-7-15(12)24-16/h8-9H,4-7,10H2,1-3H3. The molecule has 128 valence electrons. The van der Waals surface area contributed by atoms with Gasteiger partial charge in [-0.2, -0.15) is 0 Å². The van der Waals surface area contributed by atoms with Crippen LogP contribution in [0.4, 0.5) is 0 Å². The maximum atomic E-state index is 12.7. The van der Waals surface area contributed by atoms with Gasteiger partial charge in [-0.3, -0.25) is 4.79 Å². The van der Waals surface area contributed by atoms with Crippen molar-refractivity contribution in [3.63, 3.8) is 0 Å². The molecule has 0 spiro atoms. The summed E-state index contributed by atoms with van der Waals surface area (Å²) in [5, 5.41) is 0. The van der Waals surface area contributed by atoms with Crippen molar-refractivity contribution in [3.8, 4) is 0 Å². The van der Waals surface area contributed by atoms with Crippen molar-refractivity contribution >= 4 is 23.2 Å². The van der Waals surface area contributed by atoms with E-state index < -0.39 is 5.97 Å². The van der Waals surface area contributed by atoms with Crippen LogP contribution in [0.15, 0.2) is 16.5 Å². The zero-order valence-corrected chi connectivity index (χ0v) is 15.0. The molecule has 24 heavy (non-hydrogen) atoms. The second-order valence-corrected chi connectivity index (χ2v) is 7.24. The first-order valence-corrected chi connectivity index (χ1v) is 8.86. The van der Waals surface area contributed by atoms with Gasteiger partial charge in [-0.15, -0.1) is 11.3 Å². The van der Waals surface area contributed by atoms with E-state index in [-0.39, 0.29) is 5.91 Å². The van der Waals surface area contributed by atoms with Crippen molar-refractivity contribution in [2.75, 3.05) is 14.2 Å². The third-order valence-electron chi connectivity index (χ3n) is 4.32. The smallest absolute Gasteiger partial charge is 0.341 e. The molecule has 2 heterocycles. The summed E-state index contributed by atoms with van der Waals surface area (Å²) in [6.07, 6.45) is 4.56. The molecule has 0 aromatic carbocycles. The number of amides is 1. The quantitative estimate of drug-likeness (QED) is 0.793. The highest BCUT2D eigenvalue weighted by Gasteiger charge is 2.22. The van der Waals surface area contributed by atoms with E-state index in [0.717, 1.165) is 17.7 Å². The van der Waals surface area contributed by atoms with Gasteiger partial charge < -0.3 is 14.1 Å². The van der Waals surface area contributed by atoms with Crippen molar-refractivity contribution < 1.29 is 18.7 Å². The number of aryl methyl sites for hydroxylation is 3. The molecule has 0 atom stereocenters. The molecule has 0 aliphatic heterocycles. The Balaban J connectivity index is 1.72. The molecule has 2 aromatic heterocycles. The van der Waals surface area contributed by atoms with E-state index in [1.54, 1.807) is 36.3 Å². The SMILES string of the molecule is COC(=O)c1cc(CN(C)C(=O)c2cc3c(s2)CCCC3)oc1C. The molecule has 5 nitrogen and oxygen atoms in total. The van der Waals surface area contributed by atoms with Crippen molar-refractivity contribution in [2.45, 2.75) is 39.2 Å². The van der Waals surface area contributed by atoms with Gasteiger partial charge in [0.05, 0.1) is 18.5 Å². The fourth-order valence-corrected chi connectivity index (χ4v) is 4.27. The Hall–Kier alpha value is -2.08. The minimum atomic E-state index is -0.428. The van der Waals surface area contributed by atoms with E-state index in [1.165, 1.54) is 30.4 Å². The molecule has 0 bridgehead atoms. The van der Waals surface area contributed by atoms with E-state index in [2.05, 4.69) is 0 Å². The van der Waals surface area contributed by atoms with Crippen molar-refractivity contribution in [1.82, 2.24) is 4.90 Å². The molecule has 0 N–H and O–H groups in total. The molecule has 6 heteroatoms. The lowest BCUT2D eigenvalue weighted by Crippen LogP contribution is -2.25. The number of rotatable bonds is 4. The average molecular weight is 347 g/mol. The number of carbonyl (C=O) groups is 2. The van der Waals surface area contributed by atoms with Crippen LogP contribution < -0.4 is 0 Å². The lowest BCUT2D eigenvalue weighted by molar-refractivity contribution is 0.0598. The second-order valence-electron chi connectivity index (χ2n) is 6.10. The zero-order chi connectivity index (χ0) is 17.3. The summed E-state index contributed by atoms with van der Waals surface area (Å²) in [6.45, 7) is 2.03. The summed E-state index contributed by atoms with van der Waals surface area (Å²) >= 11 is 1.60. The normalized spacial score (nSPS) is 13.5. The Morgan fingerprint density at radius 3 is 2.75 bits per heavy atom. The van der Waals surface area contributed by atoms with Crippen LogP contribution in [0.1, 0.15) is 54.8 Å². The molecule has 1 amide bonds. The number of hydrogen-bond donors (Lipinski definition) is 0. The molecule has 2 aromatic rings. The number of carbonyl (C=O) groups excluding carboxylic acids is 2. The van der Waals surface area contributed by atoms with Gasteiger partial charge >= 0.3 is 5.97 Å². The summed E-state index contributed by atoms with van der Waals surface area (Å²) < 4.78 is 10.3. The molecule has 1 aliphatic carbocycles. The van der Waals surface area contributed by atoms with Crippen LogP contribution in [0.2, 0.25) is 0 Å². The Kier molecular flexibility index (Phi) is 4.76. The Bertz CT molecular complexity index is 751. The highest BCUT2D eigenvalue weighted by molar-refractivity contribution is 7.14. The highest BCUT2D eigenvalue weighted by Crippen LogP contribution is 2.30. The van der Waals surface area contributed by atoms with Gasteiger partial charge in [-0.25, -0.2) is 4.79 Å². The molecule has 0 saturated heterocycles. The van der Waals surface area contributed by atoms with Gasteiger partial charge in [-0.1, -0.05) is 0 Å². The predicted molar refractivity (Wildman–Crippen MR) is 91.5 cm³/mol. The summed E-state index contributed by atoms with van der Waals surface area (Å²) in [7, 11) is 3.08. The van der Waals surface area contributed by atoms with Crippen LogP contribution in [-0.4, -0.2) is 30.9 Å². The second kappa shape index (κ2) is 6.81. The van der Waals surface area contributed by atoms with Crippen LogP contribution in [0.5, 0.6) is 0 Å². The van der Waals surface area contributed by atoms with E-state index in [9.17, 15) is 9.59 Å². The minimum absolute atomic E-state index is 0.0110. The van der Waals surface area contributed by atoms with Gasteiger partial charge in [-0.05, 0) is 50.3 Å². The summed E-state index contributed by atoms with van der Waals surface area (Å²) in [4.78, 5) is 28.0. The fraction of sp³-hybridized carbons (Fsp3) is 0.444. The maximum Gasteiger partial charge on any atom is 0.341 e. The van der Waals surface area contributed by atoms with E-state index in [0.29, 0.717) is 23.6 Å². The molecular formula is C18H21NO4S. The van der Waals surface area contributed by atoms with Gasteiger partial charge in [0.1, 0.15) is 17.1 Å². The minimum Gasteiger partial charge on any atom is -0.465 e. The topological polar surface area (TPSA) is 59.8 Å². The summed E-state index contributed by atoms with van der Waals surface area (Å²) in [6, 6.07) is 3.68. The first-order chi connectivity index (χ1) is 11.5. The monoisotopic (exact) mass is 347 g/mol. The molecular weight excluding hydrogens is 326 g/mol. The number of furan rings is 1. The van der Waals surface area contributed by atoms with Crippen LogP contribution >= 0.6 is 11.3 Å². The number of ether oxygens (including phenoxy) is 1. The summed E-state index contributed by atoms with van der Waals surface area (Å²) in [5.41, 5.74) is 1.73. The number of esters is 1. The number of methoxy groups -OCH3 is 1. The van der Waals surface area contributed by atoms with Crippen LogP contribution in [0, 0.1) is 6.92 Å². The van der Waals surface area contributed by atoms with Gasteiger partial charge in [0.25, 0.3) is 5.91 Å². The van der Waals surface area contributed by atoms with Gasteiger partial charge in [0.2, 0.25) is 0 Å². The average Bonchev–Trinajstić information content (AvgIpc) is 3.16. The lowest BCUT2D eigenvalue weighted by atomic mass is 9.99. The van der Waals surface area contributed by atoms with Gasteiger partial charge in [0.15, 0.2) is 0 Å². The molecule has 0 unspecified atom stereocenters. The van der Waals surface area contributed by atoms with Crippen molar-refractivity contribution in [1.29, 1.82) is 0 Å². The van der Waals surface area contributed by atoms with Crippen molar-refractivity contribution in [3.05, 3.63) is 44.5 Å². The molecule has 0 saturated carbocycles. The third-order valence-corrected chi connectivity index (χ3v) is 5.55. The van der Waals surface area contributed by atoms with Gasteiger partial charge in [0, 0.05) is 11.9 Å². The van der Waals surface area contributed by atoms with Crippen LogP contribution in [0.3, 0.4) is 0 Å².